The Morgan fingerprint density at radius 3 is 2.90 bits per heavy atom. The highest BCUT2D eigenvalue weighted by Gasteiger charge is 2.24. The molecule has 1 aliphatic rings. The first-order chi connectivity index (χ1) is 9.65. The van der Waals surface area contributed by atoms with Crippen molar-refractivity contribution in [2.24, 2.45) is 0 Å². The summed E-state index contributed by atoms with van der Waals surface area (Å²) in [6.45, 7) is 1.99. The first-order valence-electron chi connectivity index (χ1n) is 6.50. The van der Waals surface area contributed by atoms with Crippen LogP contribution in [0.5, 0.6) is 5.75 Å². The lowest BCUT2D eigenvalue weighted by atomic mass is 10.1. The van der Waals surface area contributed by atoms with Gasteiger partial charge in [0.25, 0.3) is 0 Å². The van der Waals surface area contributed by atoms with Gasteiger partial charge < -0.3 is 9.64 Å². The molecule has 6 heteroatoms. The molecule has 21 heavy (non-hydrogen) atoms. The zero-order valence-corrected chi connectivity index (χ0v) is 14.7. The number of nitrogens with zero attached hydrogens (tertiary/aromatic N) is 1. The van der Waals surface area contributed by atoms with E-state index in [4.69, 9.17) is 27.9 Å². The molecule has 114 valence electrons. The molecule has 0 saturated heterocycles. The lowest BCUT2D eigenvalue weighted by Gasteiger charge is -2.19. The molecule has 1 unspecified atom stereocenters. The molecule has 0 aliphatic carbocycles. The number of benzene rings is 1. The van der Waals surface area contributed by atoms with Crippen molar-refractivity contribution >= 4 is 46.9 Å². The Morgan fingerprint density at radius 2 is 2.10 bits per heavy atom. The van der Waals surface area contributed by atoms with E-state index in [9.17, 15) is 0 Å². The van der Waals surface area contributed by atoms with Crippen LogP contribution >= 0.6 is 46.9 Å². The molecule has 1 atom stereocenters. The molecule has 0 spiro atoms. The van der Waals surface area contributed by atoms with Gasteiger partial charge in [0, 0.05) is 30.0 Å². The van der Waals surface area contributed by atoms with Crippen molar-refractivity contribution in [2.75, 3.05) is 13.6 Å². The molecule has 0 bridgehead atoms. The third-order valence-electron chi connectivity index (χ3n) is 3.50. The second-order valence-corrected chi connectivity index (χ2v) is 6.77. The zero-order chi connectivity index (χ0) is 14.1. The molecule has 2 nitrogen and oxygen atoms in total. The summed E-state index contributed by atoms with van der Waals surface area (Å²) in [4.78, 5) is 3.69. The van der Waals surface area contributed by atoms with Crippen LogP contribution in [0.1, 0.15) is 23.0 Å². The second kappa shape index (κ2) is 7.21. The monoisotopic (exact) mass is 363 g/mol. The first kappa shape index (κ1) is 16.9. The molecule has 0 amide bonds. The fourth-order valence-electron chi connectivity index (χ4n) is 2.43. The molecular weight excluding hydrogens is 349 g/mol. The first-order valence-corrected chi connectivity index (χ1v) is 8.14. The number of thiophene rings is 1. The molecule has 1 aliphatic heterocycles. The van der Waals surface area contributed by atoms with E-state index < -0.39 is 0 Å². The van der Waals surface area contributed by atoms with Gasteiger partial charge in [0.15, 0.2) is 0 Å². The van der Waals surface area contributed by atoms with E-state index in [-0.39, 0.29) is 18.5 Å². The molecular formula is C15H16Cl3NOS. The molecule has 2 aromatic rings. The van der Waals surface area contributed by atoms with E-state index >= 15 is 0 Å². The molecule has 0 fully saturated rings. The maximum atomic E-state index is 6.22. The highest BCUT2D eigenvalue weighted by molar-refractivity contribution is 7.10. The molecule has 0 saturated carbocycles. The quantitative estimate of drug-likeness (QED) is 0.704. The SMILES string of the molecule is CN1CCC(Oc2cccc(Cl)c2Cl)c2ccsc2C1.Cl. The van der Waals surface area contributed by atoms with E-state index in [2.05, 4.69) is 23.4 Å². The minimum absolute atomic E-state index is 0. The van der Waals surface area contributed by atoms with Gasteiger partial charge in [0.05, 0.1) is 5.02 Å². The summed E-state index contributed by atoms with van der Waals surface area (Å²) in [5, 5.41) is 3.14. The van der Waals surface area contributed by atoms with Gasteiger partial charge in [-0.25, -0.2) is 0 Å². The van der Waals surface area contributed by atoms with Crippen LogP contribution in [0.3, 0.4) is 0 Å². The number of rotatable bonds is 2. The molecule has 3 rings (SSSR count). The summed E-state index contributed by atoms with van der Waals surface area (Å²) in [5.74, 6) is 0.658. The lowest BCUT2D eigenvalue weighted by molar-refractivity contribution is 0.183. The summed E-state index contributed by atoms with van der Waals surface area (Å²) in [5.41, 5.74) is 1.27. The Kier molecular flexibility index (Phi) is 5.81. The Hall–Kier alpha value is -0.450. The minimum Gasteiger partial charge on any atom is -0.484 e. The van der Waals surface area contributed by atoms with E-state index in [0.29, 0.717) is 15.8 Å². The summed E-state index contributed by atoms with van der Waals surface area (Å²) in [6.07, 6.45) is 0.987. The Balaban J connectivity index is 0.00000161. The molecule has 0 radical (unpaired) electrons. The van der Waals surface area contributed by atoms with E-state index in [0.717, 1.165) is 19.5 Å². The van der Waals surface area contributed by atoms with Crippen molar-refractivity contribution in [1.82, 2.24) is 4.90 Å². The summed E-state index contributed by atoms with van der Waals surface area (Å²) < 4.78 is 6.14. The molecule has 0 N–H and O–H groups in total. The normalized spacial score (nSPS) is 18.5. The fraction of sp³-hybridized carbons (Fsp3) is 0.333. The van der Waals surface area contributed by atoms with Crippen LogP contribution in [0.25, 0.3) is 0 Å². The van der Waals surface area contributed by atoms with Gasteiger partial charge in [-0.1, -0.05) is 29.3 Å². The van der Waals surface area contributed by atoms with E-state index in [1.807, 2.05) is 12.1 Å². The Labute approximate surface area is 145 Å². The van der Waals surface area contributed by atoms with Crippen molar-refractivity contribution in [1.29, 1.82) is 0 Å². The fourth-order valence-corrected chi connectivity index (χ4v) is 3.78. The van der Waals surface area contributed by atoms with Crippen molar-refractivity contribution in [2.45, 2.75) is 19.1 Å². The Bertz CT molecular complexity index is 617. The summed E-state index contributed by atoms with van der Waals surface area (Å²) >= 11 is 14.0. The maximum Gasteiger partial charge on any atom is 0.140 e. The average Bonchev–Trinajstić information content (AvgIpc) is 2.82. The number of hydrogen-bond donors (Lipinski definition) is 0. The second-order valence-electron chi connectivity index (χ2n) is 4.98. The van der Waals surface area contributed by atoms with Crippen LogP contribution in [-0.2, 0) is 6.54 Å². The van der Waals surface area contributed by atoms with Crippen molar-refractivity contribution in [3.8, 4) is 5.75 Å². The average molecular weight is 365 g/mol. The predicted octanol–water partition coefficient (Wildman–Crippen LogP) is 5.43. The van der Waals surface area contributed by atoms with Gasteiger partial charge in [0.1, 0.15) is 16.9 Å². The lowest BCUT2D eigenvalue weighted by Crippen LogP contribution is -2.18. The van der Waals surface area contributed by atoms with Crippen LogP contribution in [0.4, 0.5) is 0 Å². The number of ether oxygens (including phenoxy) is 1. The number of halogens is 3. The van der Waals surface area contributed by atoms with Gasteiger partial charge in [-0.05, 0) is 30.6 Å². The summed E-state index contributed by atoms with van der Waals surface area (Å²) in [7, 11) is 2.14. The predicted molar refractivity (Wildman–Crippen MR) is 92.3 cm³/mol. The molecule has 1 aromatic carbocycles. The van der Waals surface area contributed by atoms with Crippen molar-refractivity contribution < 1.29 is 4.74 Å². The molecule has 1 aromatic heterocycles. The summed E-state index contributed by atoms with van der Waals surface area (Å²) in [6, 6.07) is 7.66. The van der Waals surface area contributed by atoms with Crippen molar-refractivity contribution in [3.05, 3.63) is 50.1 Å². The minimum atomic E-state index is 0. The van der Waals surface area contributed by atoms with Crippen LogP contribution in [0.2, 0.25) is 10.0 Å². The highest BCUT2D eigenvalue weighted by atomic mass is 35.5. The zero-order valence-electron chi connectivity index (χ0n) is 11.5. The van der Waals surface area contributed by atoms with Crippen LogP contribution in [-0.4, -0.2) is 18.5 Å². The van der Waals surface area contributed by atoms with Crippen LogP contribution in [0.15, 0.2) is 29.6 Å². The molecule has 2 heterocycles. The third-order valence-corrected chi connectivity index (χ3v) is 5.22. The maximum absolute atomic E-state index is 6.22. The highest BCUT2D eigenvalue weighted by Crippen LogP contribution is 2.38. The number of hydrogen-bond acceptors (Lipinski definition) is 3. The van der Waals surface area contributed by atoms with E-state index in [1.54, 1.807) is 17.4 Å². The largest absolute Gasteiger partial charge is 0.484 e. The van der Waals surface area contributed by atoms with Gasteiger partial charge in [-0.15, -0.1) is 23.7 Å². The van der Waals surface area contributed by atoms with Gasteiger partial charge >= 0.3 is 0 Å². The van der Waals surface area contributed by atoms with Crippen molar-refractivity contribution in [3.63, 3.8) is 0 Å². The van der Waals surface area contributed by atoms with Gasteiger partial charge in [-0.2, -0.15) is 0 Å². The topological polar surface area (TPSA) is 12.5 Å². The smallest absolute Gasteiger partial charge is 0.140 e. The van der Waals surface area contributed by atoms with E-state index in [1.165, 1.54) is 10.4 Å². The number of fused-ring (bicyclic) bond motifs is 1. The Morgan fingerprint density at radius 1 is 1.29 bits per heavy atom. The third kappa shape index (κ3) is 3.66. The van der Waals surface area contributed by atoms with Gasteiger partial charge in [-0.3, -0.25) is 0 Å². The van der Waals surface area contributed by atoms with Crippen LogP contribution in [0, 0.1) is 0 Å². The standard InChI is InChI=1S/C15H15Cl2NOS.ClH/c1-18-7-5-12(10-6-8-20-14(10)9-18)19-13-4-2-3-11(16)15(13)17;/h2-4,6,8,12H,5,7,9H2,1H3;1H. The van der Waals surface area contributed by atoms with Crippen LogP contribution < -0.4 is 4.74 Å². The van der Waals surface area contributed by atoms with Gasteiger partial charge in [0.2, 0.25) is 0 Å².